The van der Waals surface area contributed by atoms with Gasteiger partial charge in [-0.3, -0.25) is 4.79 Å². The Balaban J connectivity index is 1.97. The van der Waals surface area contributed by atoms with Crippen LogP contribution >= 0.6 is 0 Å². The van der Waals surface area contributed by atoms with Crippen molar-refractivity contribution in [2.75, 3.05) is 7.11 Å². The van der Waals surface area contributed by atoms with Crippen LogP contribution in [0.2, 0.25) is 0 Å². The lowest BCUT2D eigenvalue weighted by atomic mass is 10.0. The van der Waals surface area contributed by atoms with Gasteiger partial charge >= 0.3 is 0 Å². The van der Waals surface area contributed by atoms with Crippen LogP contribution in [0.5, 0.6) is 5.75 Å². The van der Waals surface area contributed by atoms with Gasteiger partial charge in [0.2, 0.25) is 5.91 Å². The Bertz CT molecular complexity index is 644. The molecule has 0 aliphatic rings. The number of amides is 1. The number of nitrogens with one attached hydrogen (secondary N) is 1. The van der Waals surface area contributed by atoms with E-state index in [0.717, 1.165) is 16.9 Å². The molecule has 1 amide bonds. The zero-order chi connectivity index (χ0) is 17.0. The number of hydrogen-bond donors (Lipinski definition) is 2. The summed E-state index contributed by atoms with van der Waals surface area (Å²) in [5.74, 6) is 1.18. The zero-order valence-corrected chi connectivity index (χ0v) is 13.8. The van der Waals surface area contributed by atoms with Crippen LogP contribution in [-0.2, 0) is 11.2 Å². The Hall–Kier alpha value is -2.34. The van der Waals surface area contributed by atoms with Crippen molar-refractivity contribution in [3.8, 4) is 5.75 Å². The molecule has 0 bridgehead atoms. The molecule has 0 saturated carbocycles. The molecule has 0 fully saturated rings. The highest BCUT2D eigenvalue weighted by molar-refractivity contribution is 5.79. The first-order valence-corrected chi connectivity index (χ1v) is 7.45. The lowest BCUT2D eigenvalue weighted by molar-refractivity contribution is -0.121. The first kappa shape index (κ1) is 17.0. The van der Waals surface area contributed by atoms with Crippen LogP contribution < -0.4 is 10.1 Å². The van der Waals surface area contributed by atoms with Crippen molar-refractivity contribution in [1.29, 1.82) is 0 Å². The fourth-order valence-corrected chi connectivity index (χ4v) is 2.39. The topological polar surface area (TPSA) is 84.6 Å². The molecule has 2 rings (SSSR count). The number of aryl methyl sites for hydroxylation is 2. The molecule has 1 heterocycles. The summed E-state index contributed by atoms with van der Waals surface area (Å²) in [4.78, 5) is 12.1. The van der Waals surface area contributed by atoms with E-state index < -0.39 is 12.1 Å². The Labute approximate surface area is 135 Å². The highest BCUT2D eigenvalue weighted by Gasteiger charge is 2.20. The molecular formula is C17H22N2O4. The molecule has 2 unspecified atom stereocenters. The van der Waals surface area contributed by atoms with Gasteiger partial charge < -0.3 is 19.7 Å². The van der Waals surface area contributed by atoms with Crippen LogP contribution in [0.1, 0.15) is 35.6 Å². The lowest BCUT2D eigenvalue weighted by Gasteiger charge is -2.21. The fourth-order valence-electron chi connectivity index (χ4n) is 2.39. The van der Waals surface area contributed by atoms with E-state index in [4.69, 9.17) is 9.26 Å². The normalized spacial score (nSPS) is 13.4. The van der Waals surface area contributed by atoms with Crippen LogP contribution in [0.4, 0.5) is 0 Å². The van der Waals surface area contributed by atoms with Crippen molar-refractivity contribution in [3.05, 3.63) is 46.8 Å². The first-order chi connectivity index (χ1) is 10.9. The van der Waals surface area contributed by atoms with Crippen LogP contribution in [0.25, 0.3) is 0 Å². The summed E-state index contributed by atoms with van der Waals surface area (Å²) in [5.41, 5.74) is 2.21. The van der Waals surface area contributed by atoms with Gasteiger partial charge in [0.25, 0.3) is 0 Å². The van der Waals surface area contributed by atoms with Crippen LogP contribution in [-0.4, -0.2) is 29.3 Å². The van der Waals surface area contributed by atoms with E-state index in [0.29, 0.717) is 11.5 Å². The molecule has 0 saturated heterocycles. The second-order valence-electron chi connectivity index (χ2n) is 5.55. The van der Waals surface area contributed by atoms with Crippen molar-refractivity contribution in [2.45, 2.75) is 39.3 Å². The summed E-state index contributed by atoms with van der Waals surface area (Å²) >= 11 is 0. The van der Waals surface area contributed by atoms with Crippen molar-refractivity contribution in [3.63, 3.8) is 0 Å². The number of aliphatic hydroxyl groups is 1. The van der Waals surface area contributed by atoms with E-state index in [1.54, 1.807) is 52.1 Å². The number of aliphatic hydroxyl groups excluding tert-OH is 1. The molecule has 1 aromatic carbocycles. The van der Waals surface area contributed by atoms with E-state index in [1.807, 2.05) is 0 Å². The molecule has 0 aliphatic carbocycles. The molecule has 2 N–H and O–H groups in total. The quantitative estimate of drug-likeness (QED) is 0.852. The fraction of sp³-hybridized carbons (Fsp3) is 0.412. The maximum atomic E-state index is 12.1. The van der Waals surface area contributed by atoms with Gasteiger partial charge in [0.05, 0.1) is 31.4 Å². The predicted molar refractivity (Wildman–Crippen MR) is 85.2 cm³/mol. The van der Waals surface area contributed by atoms with Crippen LogP contribution in [0, 0.1) is 13.8 Å². The number of nitrogens with zero attached hydrogens (tertiary/aromatic N) is 1. The number of carbonyl (C=O) groups is 1. The maximum Gasteiger partial charge on any atom is 0.224 e. The summed E-state index contributed by atoms with van der Waals surface area (Å²) in [5, 5.41) is 17.0. The minimum Gasteiger partial charge on any atom is -0.497 e. The average Bonchev–Trinajstić information content (AvgIpc) is 2.86. The van der Waals surface area contributed by atoms with Gasteiger partial charge in [-0.05, 0) is 38.5 Å². The minimum atomic E-state index is -0.797. The molecule has 124 valence electrons. The molecule has 1 aromatic heterocycles. The maximum absolute atomic E-state index is 12.1. The Kier molecular flexibility index (Phi) is 5.39. The van der Waals surface area contributed by atoms with E-state index >= 15 is 0 Å². The summed E-state index contributed by atoms with van der Waals surface area (Å²) in [6.07, 6.45) is -0.615. The summed E-state index contributed by atoms with van der Waals surface area (Å²) < 4.78 is 10.1. The van der Waals surface area contributed by atoms with E-state index in [-0.39, 0.29) is 12.3 Å². The van der Waals surface area contributed by atoms with Crippen LogP contribution in [0.15, 0.2) is 28.8 Å². The van der Waals surface area contributed by atoms with Crippen molar-refractivity contribution >= 4 is 5.91 Å². The SMILES string of the molecule is COc1ccc(C(O)C(C)NC(=O)Cc2c(C)noc2C)cc1. The zero-order valence-electron chi connectivity index (χ0n) is 13.8. The predicted octanol–water partition coefficient (Wildman–Crippen LogP) is 2.08. The first-order valence-electron chi connectivity index (χ1n) is 7.45. The molecule has 2 aromatic rings. The molecule has 6 nitrogen and oxygen atoms in total. The van der Waals surface area contributed by atoms with Crippen molar-refractivity contribution in [1.82, 2.24) is 10.5 Å². The molecular weight excluding hydrogens is 296 g/mol. The van der Waals surface area contributed by atoms with Crippen molar-refractivity contribution in [2.24, 2.45) is 0 Å². The van der Waals surface area contributed by atoms with Crippen LogP contribution in [0.3, 0.4) is 0 Å². The molecule has 2 atom stereocenters. The second-order valence-corrected chi connectivity index (χ2v) is 5.55. The Morgan fingerprint density at radius 3 is 2.52 bits per heavy atom. The number of methoxy groups -OCH3 is 1. The van der Waals surface area contributed by atoms with Gasteiger partial charge in [0.15, 0.2) is 0 Å². The van der Waals surface area contributed by atoms with E-state index in [9.17, 15) is 9.90 Å². The lowest BCUT2D eigenvalue weighted by Crippen LogP contribution is -2.38. The van der Waals surface area contributed by atoms with Gasteiger partial charge in [-0.15, -0.1) is 0 Å². The van der Waals surface area contributed by atoms with E-state index in [2.05, 4.69) is 10.5 Å². The second kappa shape index (κ2) is 7.28. The third kappa shape index (κ3) is 4.10. The number of aromatic nitrogens is 1. The molecule has 0 aliphatic heterocycles. The third-order valence-electron chi connectivity index (χ3n) is 3.84. The summed E-state index contributed by atoms with van der Waals surface area (Å²) in [6.45, 7) is 5.34. The highest BCUT2D eigenvalue weighted by Crippen LogP contribution is 2.20. The summed E-state index contributed by atoms with van der Waals surface area (Å²) in [7, 11) is 1.59. The smallest absolute Gasteiger partial charge is 0.224 e. The summed E-state index contributed by atoms with van der Waals surface area (Å²) in [6, 6.07) is 6.69. The third-order valence-corrected chi connectivity index (χ3v) is 3.84. The number of benzene rings is 1. The number of rotatable bonds is 6. The van der Waals surface area contributed by atoms with Gasteiger partial charge in [0, 0.05) is 5.56 Å². The Morgan fingerprint density at radius 1 is 1.35 bits per heavy atom. The Morgan fingerprint density at radius 2 is 2.00 bits per heavy atom. The van der Waals surface area contributed by atoms with Gasteiger partial charge in [-0.2, -0.15) is 0 Å². The molecule has 23 heavy (non-hydrogen) atoms. The minimum absolute atomic E-state index is 0.181. The standard InChI is InChI=1S/C17H22N2O4/c1-10-15(12(3)23-19-10)9-16(20)18-11(2)17(21)13-5-7-14(22-4)8-6-13/h5-8,11,17,21H,9H2,1-4H3,(H,18,20). The molecule has 0 spiro atoms. The number of hydrogen-bond acceptors (Lipinski definition) is 5. The number of carbonyl (C=O) groups excluding carboxylic acids is 1. The highest BCUT2D eigenvalue weighted by atomic mass is 16.5. The average molecular weight is 318 g/mol. The largest absolute Gasteiger partial charge is 0.497 e. The van der Waals surface area contributed by atoms with E-state index in [1.165, 1.54) is 0 Å². The monoisotopic (exact) mass is 318 g/mol. The number of ether oxygens (including phenoxy) is 1. The van der Waals surface area contributed by atoms with Gasteiger partial charge in [-0.1, -0.05) is 17.3 Å². The van der Waals surface area contributed by atoms with Crippen molar-refractivity contribution < 1.29 is 19.2 Å². The van der Waals surface area contributed by atoms with Gasteiger partial charge in [0.1, 0.15) is 11.5 Å². The van der Waals surface area contributed by atoms with Gasteiger partial charge in [-0.25, -0.2) is 0 Å². The molecule has 6 heteroatoms. The molecule has 0 radical (unpaired) electrons.